The maximum atomic E-state index is 4.61. The van der Waals surface area contributed by atoms with Crippen LogP contribution < -0.4 is 5.32 Å². The molecule has 2 heteroatoms. The summed E-state index contributed by atoms with van der Waals surface area (Å²) in [4.78, 5) is 4.61. The van der Waals surface area contributed by atoms with E-state index in [0.29, 0.717) is 12.1 Å². The minimum absolute atomic E-state index is 0.563. The molecule has 0 bridgehead atoms. The smallest absolute Gasteiger partial charge is 0.0831 e. The molecule has 2 unspecified atom stereocenters. The summed E-state index contributed by atoms with van der Waals surface area (Å²) in [7, 11) is 0. The van der Waals surface area contributed by atoms with Crippen molar-refractivity contribution in [2.24, 2.45) is 4.99 Å². The molecule has 0 aliphatic carbocycles. The van der Waals surface area contributed by atoms with Crippen molar-refractivity contribution in [2.45, 2.75) is 103 Å². The quantitative estimate of drug-likeness (QED) is 0.490. The van der Waals surface area contributed by atoms with Crippen molar-refractivity contribution in [2.75, 3.05) is 0 Å². The van der Waals surface area contributed by atoms with Crippen LogP contribution in [-0.4, -0.2) is 18.4 Å². The van der Waals surface area contributed by atoms with Crippen LogP contribution in [0.3, 0.4) is 0 Å². The molecule has 112 valence electrons. The molecule has 1 heterocycles. The van der Waals surface area contributed by atoms with Gasteiger partial charge in [-0.15, -0.1) is 0 Å². The first-order valence-electron chi connectivity index (χ1n) is 8.66. The van der Waals surface area contributed by atoms with Gasteiger partial charge in [-0.1, -0.05) is 78.1 Å². The summed E-state index contributed by atoms with van der Waals surface area (Å²) in [6, 6.07) is 1.20. The first-order chi connectivity index (χ1) is 9.38. The fourth-order valence-electron chi connectivity index (χ4n) is 2.93. The van der Waals surface area contributed by atoms with Crippen LogP contribution in [0, 0.1) is 0 Å². The zero-order chi connectivity index (χ0) is 13.8. The van der Waals surface area contributed by atoms with Crippen LogP contribution in [0.1, 0.15) is 90.9 Å². The predicted octanol–water partition coefficient (Wildman–Crippen LogP) is 5.08. The number of hydrogen-bond acceptors (Lipinski definition) is 2. The zero-order valence-corrected chi connectivity index (χ0v) is 13.2. The largest absolute Gasteiger partial charge is 0.372 e. The summed E-state index contributed by atoms with van der Waals surface area (Å²) < 4.78 is 0. The van der Waals surface area contributed by atoms with Gasteiger partial charge < -0.3 is 5.32 Å². The van der Waals surface area contributed by atoms with Crippen LogP contribution >= 0.6 is 0 Å². The number of unbranched alkanes of at least 4 members (excludes halogenated alkanes) is 8. The van der Waals surface area contributed by atoms with Crippen molar-refractivity contribution in [3.8, 4) is 0 Å². The lowest BCUT2D eigenvalue weighted by Crippen LogP contribution is -2.31. The highest BCUT2D eigenvalue weighted by Gasteiger charge is 2.22. The second-order valence-electron chi connectivity index (χ2n) is 6.02. The molecule has 0 aromatic rings. The van der Waals surface area contributed by atoms with E-state index in [-0.39, 0.29) is 0 Å². The zero-order valence-electron chi connectivity index (χ0n) is 13.2. The van der Waals surface area contributed by atoms with Crippen molar-refractivity contribution in [1.29, 1.82) is 0 Å². The summed E-state index contributed by atoms with van der Waals surface area (Å²) in [5, 5.41) is 3.46. The van der Waals surface area contributed by atoms with Gasteiger partial charge in [-0.25, -0.2) is 0 Å². The van der Waals surface area contributed by atoms with Crippen molar-refractivity contribution in [3.05, 3.63) is 0 Å². The van der Waals surface area contributed by atoms with Crippen LogP contribution in [0.2, 0.25) is 0 Å². The number of aliphatic imine (C=N–C) groups is 1. The Kier molecular flexibility index (Phi) is 9.84. The van der Waals surface area contributed by atoms with Crippen LogP contribution in [-0.2, 0) is 0 Å². The van der Waals surface area contributed by atoms with E-state index in [1.807, 2.05) is 6.34 Å². The van der Waals surface area contributed by atoms with E-state index in [2.05, 4.69) is 24.2 Å². The molecule has 0 spiro atoms. The Balaban J connectivity index is 2.03. The third kappa shape index (κ3) is 7.59. The first-order valence-corrected chi connectivity index (χ1v) is 8.66. The lowest BCUT2D eigenvalue weighted by molar-refractivity contribution is 0.431. The molecule has 0 saturated heterocycles. The molecule has 19 heavy (non-hydrogen) atoms. The SMILES string of the molecule is CCCCCCCC1N=CNC1CCCCCCC. The van der Waals surface area contributed by atoms with Crippen molar-refractivity contribution in [3.63, 3.8) is 0 Å². The van der Waals surface area contributed by atoms with Crippen LogP contribution in [0.25, 0.3) is 0 Å². The van der Waals surface area contributed by atoms with E-state index in [0.717, 1.165) is 0 Å². The Labute approximate surface area is 120 Å². The van der Waals surface area contributed by atoms with Crippen LogP contribution in [0.15, 0.2) is 4.99 Å². The highest BCUT2D eigenvalue weighted by atomic mass is 15.1. The first kappa shape index (κ1) is 16.5. The Bertz CT molecular complexity index is 225. The standard InChI is InChI=1S/C17H34N2/c1-3-5-7-9-11-13-16-17(19-15-18-16)14-12-10-8-6-4-2/h15-17H,3-14H2,1-2H3,(H,18,19). The van der Waals surface area contributed by atoms with Crippen molar-refractivity contribution < 1.29 is 0 Å². The molecule has 0 saturated carbocycles. The summed E-state index contributed by atoms with van der Waals surface area (Å²) in [5.74, 6) is 0. The van der Waals surface area contributed by atoms with E-state index in [4.69, 9.17) is 0 Å². The molecule has 2 nitrogen and oxygen atoms in total. The maximum Gasteiger partial charge on any atom is 0.0831 e. The van der Waals surface area contributed by atoms with Gasteiger partial charge >= 0.3 is 0 Å². The third-order valence-corrected chi connectivity index (χ3v) is 4.24. The second kappa shape index (κ2) is 11.3. The van der Waals surface area contributed by atoms with Gasteiger partial charge in [0.2, 0.25) is 0 Å². The molecule has 0 aromatic carbocycles. The normalized spacial score (nSPS) is 21.8. The van der Waals surface area contributed by atoms with E-state index < -0.39 is 0 Å². The third-order valence-electron chi connectivity index (χ3n) is 4.24. The van der Waals surface area contributed by atoms with Gasteiger partial charge in [-0.05, 0) is 12.8 Å². The molecular formula is C17H34N2. The van der Waals surface area contributed by atoms with Crippen molar-refractivity contribution in [1.82, 2.24) is 5.32 Å². The van der Waals surface area contributed by atoms with Gasteiger partial charge in [0.15, 0.2) is 0 Å². The highest BCUT2D eigenvalue weighted by Crippen LogP contribution is 2.19. The van der Waals surface area contributed by atoms with E-state index in [1.165, 1.54) is 77.0 Å². The van der Waals surface area contributed by atoms with E-state index in [9.17, 15) is 0 Å². The average molecular weight is 266 g/mol. The molecule has 1 aliphatic heterocycles. The van der Waals surface area contributed by atoms with Gasteiger partial charge in [-0.2, -0.15) is 0 Å². The lowest BCUT2D eigenvalue weighted by Gasteiger charge is -2.18. The summed E-state index contributed by atoms with van der Waals surface area (Å²) in [6.07, 6.45) is 18.3. The second-order valence-corrected chi connectivity index (χ2v) is 6.02. The fraction of sp³-hybridized carbons (Fsp3) is 0.941. The number of hydrogen-bond donors (Lipinski definition) is 1. The maximum absolute atomic E-state index is 4.61. The Morgan fingerprint density at radius 2 is 1.37 bits per heavy atom. The van der Waals surface area contributed by atoms with E-state index in [1.54, 1.807) is 0 Å². The van der Waals surface area contributed by atoms with E-state index >= 15 is 0 Å². The Morgan fingerprint density at radius 3 is 2.00 bits per heavy atom. The van der Waals surface area contributed by atoms with Gasteiger partial charge in [0.05, 0.1) is 12.4 Å². The van der Waals surface area contributed by atoms with Gasteiger partial charge in [0, 0.05) is 6.04 Å². The number of nitrogens with zero attached hydrogens (tertiary/aromatic N) is 1. The molecule has 0 amide bonds. The summed E-state index contributed by atoms with van der Waals surface area (Å²) in [5.41, 5.74) is 0. The van der Waals surface area contributed by atoms with Gasteiger partial charge in [0.1, 0.15) is 0 Å². The molecule has 0 fully saturated rings. The van der Waals surface area contributed by atoms with Crippen molar-refractivity contribution >= 4 is 6.34 Å². The van der Waals surface area contributed by atoms with Crippen LogP contribution in [0.5, 0.6) is 0 Å². The predicted molar refractivity (Wildman–Crippen MR) is 86.0 cm³/mol. The fourth-order valence-corrected chi connectivity index (χ4v) is 2.93. The number of rotatable bonds is 12. The topological polar surface area (TPSA) is 24.4 Å². The molecule has 2 atom stereocenters. The van der Waals surface area contributed by atoms with Crippen LogP contribution in [0.4, 0.5) is 0 Å². The Hall–Kier alpha value is -0.530. The molecule has 1 aliphatic rings. The monoisotopic (exact) mass is 266 g/mol. The summed E-state index contributed by atoms with van der Waals surface area (Å²) in [6.45, 7) is 4.56. The molecular weight excluding hydrogens is 232 g/mol. The molecule has 1 N–H and O–H groups in total. The van der Waals surface area contributed by atoms with Gasteiger partial charge in [0.25, 0.3) is 0 Å². The number of nitrogens with one attached hydrogen (secondary N) is 1. The minimum atomic E-state index is 0.563. The summed E-state index contributed by atoms with van der Waals surface area (Å²) >= 11 is 0. The molecule has 1 rings (SSSR count). The Morgan fingerprint density at radius 1 is 0.789 bits per heavy atom. The lowest BCUT2D eigenvalue weighted by atomic mass is 9.97. The minimum Gasteiger partial charge on any atom is -0.372 e. The van der Waals surface area contributed by atoms with Gasteiger partial charge in [-0.3, -0.25) is 4.99 Å². The molecule has 0 aromatic heterocycles. The molecule has 0 radical (unpaired) electrons. The average Bonchev–Trinajstić information content (AvgIpc) is 2.86. The highest BCUT2D eigenvalue weighted by molar-refractivity contribution is 5.58.